The van der Waals surface area contributed by atoms with Crippen molar-refractivity contribution in [2.45, 2.75) is 13.0 Å². The standard InChI is InChI=1S/C17H15N7O/c1-10-13(15(18)25)14(12-6-2-3-8-20-12)24-17(21-10)22-16(23-24)11-5-4-7-19-9-11/h2-9,14H,1H3,(H2,18,25)(H,21,22,23). The van der Waals surface area contributed by atoms with Gasteiger partial charge in [-0.25, -0.2) is 4.68 Å². The van der Waals surface area contributed by atoms with E-state index in [1.165, 1.54) is 0 Å². The number of nitrogens with one attached hydrogen (secondary N) is 1. The van der Waals surface area contributed by atoms with Gasteiger partial charge < -0.3 is 11.1 Å². The predicted molar refractivity (Wildman–Crippen MR) is 91.1 cm³/mol. The average molecular weight is 333 g/mol. The Balaban J connectivity index is 1.89. The molecule has 1 aliphatic heterocycles. The summed E-state index contributed by atoms with van der Waals surface area (Å²) in [6, 6.07) is 8.66. The van der Waals surface area contributed by atoms with Gasteiger partial charge in [-0.05, 0) is 31.2 Å². The van der Waals surface area contributed by atoms with Crippen molar-refractivity contribution in [3.05, 3.63) is 65.9 Å². The molecule has 8 nitrogen and oxygen atoms in total. The van der Waals surface area contributed by atoms with Crippen LogP contribution in [0, 0.1) is 0 Å². The van der Waals surface area contributed by atoms with Crippen molar-refractivity contribution in [1.82, 2.24) is 24.7 Å². The lowest BCUT2D eigenvalue weighted by Gasteiger charge is -2.26. The number of carbonyl (C=O) groups is 1. The molecule has 1 aliphatic rings. The van der Waals surface area contributed by atoms with Gasteiger partial charge >= 0.3 is 0 Å². The Morgan fingerprint density at radius 2 is 2.12 bits per heavy atom. The normalized spacial score (nSPS) is 16.3. The molecule has 1 unspecified atom stereocenters. The van der Waals surface area contributed by atoms with E-state index in [0.717, 1.165) is 5.56 Å². The third kappa shape index (κ3) is 2.53. The van der Waals surface area contributed by atoms with E-state index in [1.54, 1.807) is 30.2 Å². The van der Waals surface area contributed by atoms with E-state index in [0.29, 0.717) is 28.7 Å². The molecule has 0 spiro atoms. The first-order chi connectivity index (χ1) is 12.1. The van der Waals surface area contributed by atoms with E-state index in [4.69, 9.17) is 5.73 Å². The number of primary amides is 1. The monoisotopic (exact) mass is 333 g/mol. The Morgan fingerprint density at radius 3 is 2.80 bits per heavy atom. The van der Waals surface area contributed by atoms with E-state index in [9.17, 15) is 4.79 Å². The third-order valence-electron chi connectivity index (χ3n) is 4.01. The molecule has 8 heteroatoms. The molecule has 0 bridgehead atoms. The number of hydrogen-bond donors (Lipinski definition) is 2. The Bertz CT molecular complexity index is 963. The minimum absolute atomic E-state index is 0.411. The molecule has 1 atom stereocenters. The molecule has 4 heterocycles. The number of fused-ring (bicyclic) bond motifs is 1. The van der Waals surface area contributed by atoms with Crippen LogP contribution in [0.5, 0.6) is 0 Å². The van der Waals surface area contributed by atoms with Gasteiger partial charge in [-0.3, -0.25) is 14.8 Å². The summed E-state index contributed by atoms with van der Waals surface area (Å²) >= 11 is 0. The molecule has 124 valence electrons. The maximum atomic E-state index is 12.1. The fourth-order valence-corrected chi connectivity index (χ4v) is 2.90. The van der Waals surface area contributed by atoms with Gasteiger partial charge in [-0.1, -0.05) is 6.07 Å². The van der Waals surface area contributed by atoms with Crippen LogP contribution in [0.3, 0.4) is 0 Å². The zero-order valence-corrected chi connectivity index (χ0v) is 13.4. The van der Waals surface area contributed by atoms with Crippen molar-refractivity contribution in [3.63, 3.8) is 0 Å². The first-order valence-corrected chi connectivity index (χ1v) is 7.70. The fourth-order valence-electron chi connectivity index (χ4n) is 2.90. The summed E-state index contributed by atoms with van der Waals surface area (Å²) in [7, 11) is 0. The van der Waals surface area contributed by atoms with Gasteiger partial charge in [0.2, 0.25) is 11.9 Å². The molecule has 0 aromatic carbocycles. The first kappa shape index (κ1) is 15.0. The van der Waals surface area contributed by atoms with Crippen molar-refractivity contribution in [1.29, 1.82) is 0 Å². The van der Waals surface area contributed by atoms with Crippen LogP contribution >= 0.6 is 0 Å². The maximum absolute atomic E-state index is 12.1. The van der Waals surface area contributed by atoms with Crippen LogP contribution in [0.15, 0.2) is 60.2 Å². The number of nitrogens with zero attached hydrogens (tertiary/aromatic N) is 5. The second kappa shape index (κ2) is 5.82. The van der Waals surface area contributed by atoms with Gasteiger partial charge in [0.15, 0.2) is 5.82 Å². The lowest BCUT2D eigenvalue weighted by molar-refractivity contribution is -0.115. The highest BCUT2D eigenvalue weighted by Crippen LogP contribution is 2.34. The highest BCUT2D eigenvalue weighted by Gasteiger charge is 2.34. The van der Waals surface area contributed by atoms with Crippen LogP contribution < -0.4 is 11.1 Å². The first-order valence-electron chi connectivity index (χ1n) is 7.70. The zero-order valence-electron chi connectivity index (χ0n) is 13.4. The van der Waals surface area contributed by atoms with E-state index >= 15 is 0 Å². The van der Waals surface area contributed by atoms with Crippen LogP contribution in [0.2, 0.25) is 0 Å². The number of anilines is 1. The quantitative estimate of drug-likeness (QED) is 0.751. The lowest BCUT2D eigenvalue weighted by atomic mass is 9.99. The van der Waals surface area contributed by atoms with Gasteiger partial charge in [-0.15, -0.1) is 5.10 Å². The smallest absolute Gasteiger partial charge is 0.248 e. The SMILES string of the molecule is CC1=C(C(N)=O)C(c2ccccn2)n2nc(-c3cccnc3)nc2N1. The number of rotatable bonds is 3. The van der Waals surface area contributed by atoms with Crippen LogP contribution in [0.1, 0.15) is 18.7 Å². The van der Waals surface area contributed by atoms with E-state index in [1.807, 2.05) is 30.3 Å². The van der Waals surface area contributed by atoms with Gasteiger partial charge in [-0.2, -0.15) is 4.98 Å². The van der Waals surface area contributed by atoms with Crippen LogP contribution in [0.25, 0.3) is 11.4 Å². The topological polar surface area (TPSA) is 112 Å². The molecular weight excluding hydrogens is 318 g/mol. The third-order valence-corrected chi connectivity index (χ3v) is 4.01. The summed E-state index contributed by atoms with van der Waals surface area (Å²) in [5.74, 6) is 0.511. The van der Waals surface area contributed by atoms with Crippen LogP contribution in [-0.4, -0.2) is 30.6 Å². The predicted octanol–water partition coefficient (Wildman–Crippen LogP) is 1.51. The molecule has 1 amide bonds. The minimum atomic E-state index is -0.534. The Kier molecular flexibility index (Phi) is 3.50. The Labute approximate surface area is 143 Å². The van der Waals surface area contributed by atoms with Gasteiger partial charge in [0, 0.05) is 29.9 Å². The summed E-state index contributed by atoms with van der Waals surface area (Å²) in [4.78, 5) is 25.1. The van der Waals surface area contributed by atoms with Crippen molar-refractivity contribution in [3.8, 4) is 11.4 Å². The molecule has 25 heavy (non-hydrogen) atoms. The van der Waals surface area contributed by atoms with Crippen LogP contribution in [-0.2, 0) is 4.79 Å². The number of aromatic nitrogens is 5. The second-order valence-electron chi connectivity index (χ2n) is 5.63. The molecule has 0 saturated heterocycles. The highest BCUT2D eigenvalue weighted by atomic mass is 16.1. The molecule has 3 aromatic rings. The molecule has 0 aliphatic carbocycles. The Morgan fingerprint density at radius 1 is 1.24 bits per heavy atom. The van der Waals surface area contributed by atoms with E-state index < -0.39 is 11.9 Å². The highest BCUT2D eigenvalue weighted by molar-refractivity contribution is 5.95. The number of amides is 1. The van der Waals surface area contributed by atoms with E-state index in [-0.39, 0.29) is 0 Å². The number of nitrogens with two attached hydrogens (primary N) is 1. The summed E-state index contributed by atoms with van der Waals surface area (Å²) < 4.78 is 1.64. The van der Waals surface area contributed by atoms with Crippen molar-refractivity contribution < 1.29 is 4.79 Å². The summed E-state index contributed by atoms with van der Waals surface area (Å²) in [5, 5.41) is 7.67. The number of hydrogen-bond acceptors (Lipinski definition) is 6. The molecule has 0 radical (unpaired) electrons. The van der Waals surface area contributed by atoms with Gasteiger partial charge in [0.05, 0.1) is 11.3 Å². The molecule has 0 saturated carbocycles. The molecule has 3 N–H and O–H groups in total. The summed E-state index contributed by atoms with van der Waals surface area (Å²) in [6.45, 7) is 1.79. The van der Waals surface area contributed by atoms with Crippen molar-refractivity contribution >= 4 is 11.9 Å². The molecule has 3 aromatic heterocycles. The number of carbonyl (C=O) groups excluding carboxylic acids is 1. The molecular formula is C17H15N7O. The Hall–Kier alpha value is -3.55. The summed E-state index contributed by atoms with van der Waals surface area (Å²) in [6.07, 6.45) is 5.04. The number of pyridine rings is 2. The van der Waals surface area contributed by atoms with Gasteiger partial charge in [0.25, 0.3) is 0 Å². The lowest BCUT2D eigenvalue weighted by Crippen LogP contribution is -2.32. The molecule has 4 rings (SSSR count). The second-order valence-corrected chi connectivity index (χ2v) is 5.63. The zero-order chi connectivity index (χ0) is 17.4. The maximum Gasteiger partial charge on any atom is 0.248 e. The largest absolute Gasteiger partial charge is 0.366 e. The minimum Gasteiger partial charge on any atom is -0.366 e. The number of allylic oxidation sites excluding steroid dienone is 1. The molecule has 0 fully saturated rings. The van der Waals surface area contributed by atoms with Crippen molar-refractivity contribution in [2.75, 3.05) is 5.32 Å². The average Bonchev–Trinajstić information content (AvgIpc) is 3.05. The van der Waals surface area contributed by atoms with Crippen molar-refractivity contribution in [2.24, 2.45) is 5.73 Å². The van der Waals surface area contributed by atoms with Gasteiger partial charge in [0.1, 0.15) is 6.04 Å². The van der Waals surface area contributed by atoms with E-state index in [2.05, 4.69) is 25.4 Å². The van der Waals surface area contributed by atoms with Crippen LogP contribution in [0.4, 0.5) is 5.95 Å². The summed E-state index contributed by atoms with van der Waals surface area (Å²) in [5.41, 5.74) is 8.12. The fraction of sp³-hybridized carbons (Fsp3) is 0.118.